The number of aryl methyl sites for hydroxylation is 1. The number of methoxy groups -OCH3 is 2. The molecule has 0 aliphatic carbocycles. The molecule has 0 saturated heterocycles. The van der Waals surface area contributed by atoms with Crippen LogP contribution >= 0.6 is 0 Å². The van der Waals surface area contributed by atoms with E-state index < -0.39 is 0 Å². The van der Waals surface area contributed by atoms with Crippen molar-refractivity contribution in [3.05, 3.63) is 102 Å². The molecule has 1 aromatic heterocycles. The molecular formula is C28H29N3O3. The van der Waals surface area contributed by atoms with E-state index in [9.17, 15) is 4.79 Å². The number of hydrogen-bond donors (Lipinski definition) is 1. The lowest BCUT2D eigenvalue weighted by Crippen LogP contribution is -2.23. The van der Waals surface area contributed by atoms with Gasteiger partial charge in [0.1, 0.15) is 11.5 Å². The van der Waals surface area contributed by atoms with Gasteiger partial charge in [-0.2, -0.15) is 5.10 Å². The summed E-state index contributed by atoms with van der Waals surface area (Å²) in [5.74, 6) is 1.47. The molecule has 0 bridgehead atoms. The van der Waals surface area contributed by atoms with Crippen LogP contribution in [-0.2, 0) is 24.3 Å². The van der Waals surface area contributed by atoms with E-state index in [-0.39, 0.29) is 5.91 Å². The van der Waals surface area contributed by atoms with E-state index in [1.54, 1.807) is 14.2 Å². The van der Waals surface area contributed by atoms with Crippen molar-refractivity contribution in [1.29, 1.82) is 0 Å². The van der Waals surface area contributed by atoms with Gasteiger partial charge in [-0.05, 0) is 35.7 Å². The number of benzene rings is 3. The molecule has 4 aromatic rings. The molecule has 0 spiro atoms. The minimum atomic E-state index is -0.0281. The highest BCUT2D eigenvalue weighted by Crippen LogP contribution is 2.25. The van der Waals surface area contributed by atoms with Gasteiger partial charge in [0, 0.05) is 30.3 Å². The first-order chi connectivity index (χ1) is 16.7. The zero-order valence-electron chi connectivity index (χ0n) is 19.5. The molecule has 6 heteroatoms. The van der Waals surface area contributed by atoms with Crippen LogP contribution in [0.2, 0.25) is 0 Å². The maximum absolute atomic E-state index is 12.7. The summed E-state index contributed by atoms with van der Waals surface area (Å²) in [6.07, 6.45) is 2.92. The number of nitrogens with zero attached hydrogens (tertiary/aromatic N) is 2. The second-order valence-corrected chi connectivity index (χ2v) is 8.01. The summed E-state index contributed by atoms with van der Waals surface area (Å²) in [7, 11) is 3.25. The van der Waals surface area contributed by atoms with Crippen molar-refractivity contribution in [2.45, 2.75) is 25.9 Å². The molecule has 0 fully saturated rings. The first-order valence-corrected chi connectivity index (χ1v) is 11.3. The molecule has 1 heterocycles. The van der Waals surface area contributed by atoms with Gasteiger partial charge in [-0.25, -0.2) is 0 Å². The molecule has 3 aromatic carbocycles. The fraction of sp³-hybridized carbons (Fsp3) is 0.214. The highest BCUT2D eigenvalue weighted by Gasteiger charge is 2.14. The number of amides is 1. The predicted octanol–water partition coefficient (Wildman–Crippen LogP) is 4.86. The molecule has 0 aliphatic rings. The number of rotatable bonds is 10. The van der Waals surface area contributed by atoms with E-state index in [0.717, 1.165) is 33.9 Å². The second kappa shape index (κ2) is 11.2. The molecule has 1 N–H and O–H groups in total. The molecule has 6 nitrogen and oxygen atoms in total. The van der Waals surface area contributed by atoms with Crippen molar-refractivity contribution in [1.82, 2.24) is 15.1 Å². The van der Waals surface area contributed by atoms with Crippen molar-refractivity contribution in [3.63, 3.8) is 0 Å². The van der Waals surface area contributed by atoms with E-state index in [1.165, 1.54) is 5.56 Å². The molecule has 1 amide bonds. The maximum atomic E-state index is 12.7. The average Bonchev–Trinajstić information content (AvgIpc) is 3.29. The Kier molecular flexibility index (Phi) is 7.60. The van der Waals surface area contributed by atoms with Crippen LogP contribution in [-0.4, -0.2) is 29.9 Å². The Morgan fingerprint density at radius 1 is 0.912 bits per heavy atom. The minimum Gasteiger partial charge on any atom is -0.497 e. The quantitative estimate of drug-likeness (QED) is 0.371. The molecule has 0 aliphatic heterocycles. The number of aromatic nitrogens is 2. The lowest BCUT2D eigenvalue weighted by atomic mass is 10.1. The van der Waals surface area contributed by atoms with Gasteiger partial charge in [0.05, 0.1) is 26.5 Å². The van der Waals surface area contributed by atoms with Gasteiger partial charge in [-0.3, -0.25) is 9.48 Å². The first-order valence-electron chi connectivity index (χ1n) is 11.3. The van der Waals surface area contributed by atoms with Gasteiger partial charge in [-0.15, -0.1) is 0 Å². The fourth-order valence-corrected chi connectivity index (χ4v) is 3.89. The monoisotopic (exact) mass is 455 g/mol. The van der Waals surface area contributed by atoms with Crippen LogP contribution in [0.4, 0.5) is 0 Å². The van der Waals surface area contributed by atoms with E-state index in [1.807, 2.05) is 77.6 Å². The third-order valence-electron chi connectivity index (χ3n) is 5.66. The molecule has 0 unspecified atom stereocenters. The average molecular weight is 456 g/mol. The smallest absolute Gasteiger partial charge is 0.220 e. The lowest BCUT2D eigenvalue weighted by molar-refractivity contribution is -0.121. The van der Waals surface area contributed by atoms with Gasteiger partial charge in [0.2, 0.25) is 5.91 Å². The van der Waals surface area contributed by atoms with Gasteiger partial charge in [-0.1, -0.05) is 60.7 Å². The summed E-state index contributed by atoms with van der Waals surface area (Å²) < 4.78 is 12.7. The van der Waals surface area contributed by atoms with Crippen LogP contribution in [0, 0.1) is 0 Å². The van der Waals surface area contributed by atoms with E-state index in [0.29, 0.717) is 25.9 Å². The van der Waals surface area contributed by atoms with E-state index >= 15 is 0 Å². The van der Waals surface area contributed by atoms with E-state index in [2.05, 4.69) is 17.4 Å². The molecule has 0 saturated carbocycles. The van der Waals surface area contributed by atoms with Crippen molar-refractivity contribution < 1.29 is 14.3 Å². The molecule has 4 rings (SSSR count). The van der Waals surface area contributed by atoms with Crippen LogP contribution < -0.4 is 14.8 Å². The fourth-order valence-electron chi connectivity index (χ4n) is 3.89. The van der Waals surface area contributed by atoms with Crippen LogP contribution in [0.5, 0.6) is 11.5 Å². The lowest BCUT2D eigenvalue weighted by Gasteiger charge is -2.11. The van der Waals surface area contributed by atoms with Gasteiger partial charge in [0.25, 0.3) is 0 Å². The highest BCUT2D eigenvalue weighted by atomic mass is 16.5. The molecule has 174 valence electrons. The topological polar surface area (TPSA) is 65.4 Å². The third kappa shape index (κ3) is 5.84. The summed E-state index contributed by atoms with van der Waals surface area (Å²) in [6.45, 7) is 1.08. The van der Waals surface area contributed by atoms with Crippen molar-refractivity contribution in [3.8, 4) is 22.8 Å². The Labute approximate surface area is 200 Å². The molecule has 0 radical (unpaired) electrons. The zero-order chi connectivity index (χ0) is 23.8. The molecular weight excluding hydrogens is 426 g/mol. The number of nitrogens with one attached hydrogen (secondary N) is 1. The van der Waals surface area contributed by atoms with E-state index in [4.69, 9.17) is 14.6 Å². The van der Waals surface area contributed by atoms with Crippen LogP contribution in [0.15, 0.2) is 85.1 Å². The number of ether oxygens (including phenoxy) is 2. The number of carbonyl (C=O) groups is 1. The summed E-state index contributed by atoms with van der Waals surface area (Å²) in [6, 6.07) is 25.9. The Morgan fingerprint density at radius 2 is 1.65 bits per heavy atom. The van der Waals surface area contributed by atoms with Crippen LogP contribution in [0.25, 0.3) is 11.3 Å². The van der Waals surface area contributed by atoms with Crippen molar-refractivity contribution in [2.75, 3.05) is 14.2 Å². The van der Waals surface area contributed by atoms with Gasteiger partial charge in [0.15, 0.2) is 0 Å². The number of carbonyl (C=O) groups excluding carboxylic acids is 1. The largest absolute Gasteiger partial charge is 0.497 e. The summed E-state index contributed by atoms with van der Waals surface area (Å²) in [5.41, 5.74) is 5.01. The third-order valence-corrected chi connectivity index (χ3v) is 5.66. The first kappa shape index (κ1) is 23.1. The Balaban J connectivity index is 1.45. The SMILES string of the molecule is COc1ccc(OC)c(CCC(=O)NCc2cn(Cc3ccccc3)nc2-c2ccccc2)c1. The summed E-state index contributed by atoms with van der Waals surface area (Å²) in [5, 5.41) is 7.88. The predicted molar refractivity (Wildman–Crippen MR) is 133 cm³/mol. The second-order valence-electron chi connectivity index (χ2n) is 8.01. The van der Waals surface area contributed by atoms with Crippen LogP contribution in [0.1, 0.15) is 23.1 Å². The molecule has 0 atom stereocenters. The molecule has 34 heavy (non-hydrogen) atoms. The van der Waals surface area contributed by atoms with Gasteiger partial charge >= 0.3 is 0 Å². The standard InChI is InChI=1S/C28H29N3O3/c1-33-25-14-15-26(34-2)23(17-25)13-16-27(32)29-18-24-20-31(19-21-9-5-3-6-10-21)30-28(24)22-11-7-4-8-12-22/h3-12,14-15,17,20H,13,16,18-19H2,1-2H3,(H,29,32). The normalized spacial score (nSPS) is 10.6. The Hall–Kier alpha value is -4.06. The summed E-state index contributed by atoms with van der Waals surface area (Å²) >= 11 is 0. The van der Waals surface area contributed by atoms with Gasteiger partial charge < -0.3 is 14.8 Å². The zero-order valence-corrected chi connectivity index (χ0v) is 19.5. The summed E-state index contributed by atoms with van der Waals surface area (Å²) in [4.78, 5) is 12.7. The highest BCUT2D eigenvalue weighted by molar-refractivity contribution is 5.76. The van der Waals surface area contributed by atoms with Crippen molar-refractivity contribution >= 4 is 5.91 Å². The number of hydrogen-bond acceptors (Lipinski definition) is 4. The van der Waals surface area contributed by atoms with Crippen molar-refractivity contribution in [2.24, 2.45) is 0 Å². The Morgan fingerprint density at radius 3 is 2.35 bits per heavy atom. The van der Waals surface area contributed by atoms with Crippen LogP contribution in [0.3, 0.4) is 0 Å². The minimum absolute atomic E-state index is 0.0281. The maximum Gasteiger partial charge on any atom is 0.220 e. The Bertz CT molecular complexity index is 1220.